The van der Waals surface area contributed by atoms with Crippen molar-refractivity contribution in [3.05, 3.63) is 141 Å². The Kier molecular flexibility index (Phi) is 55.1. The van der Waals surface area contributed by atoms with Gasteiger partial charge in [-0.1, -0.05) is 146 Å². The molecule has 1 saturated heterocycles. The van der Waals surface area contributed by atoms with E-state index in [0.29, 0.717) is 195 Å². The summed E-state index contributed by atoms with van der Waals surface area (Å²) in [5.74, 6) is -8.66. The van der Waals surface area contributed by atoms with E-state index in [-0.39, 0.29) is 104 Å². The molecular weight excluding hydrogens is 1830 g/mol. The molecule has 0 saturated carbocycles. The third-order valence-corrected chi connectivity index (χ3v) is 25.4. The van der Waals surface area contributed by atoms with E-state index in [1.807, 2.05) is 126 Å². The number of likely N-dealkylation sites (tertiary alicyclic amines) is 1. The van der Waals surface area contributed by atoms with Crippen LogP contribution in [0.3, 0.4) is 0 Å². The van der Waals surface area contributed by atoms with Crippen molar-refractivity contribution < 1.29 is 134 Å². The number of piperidine rings is 1. The molecule has 0 radical (unpaired) electrons. The minimum Gasteiger partial charge on any atom is -0.481 e. The van der Waals surface area contributed by atoms with Crippen LogP contribution in [0.15, 0.2) is 109 Å². The van der Waals surface area contributed by atoms with Gasteiger partial charge in [-0.15, -0.1) is 11.3 Å². The zero-order chi connectivity index (χ0) is 101. The van der Waals surface area contributed by atoms with Crippen LogP contribution in [-0.2, 0) is 122 Å². The lowest BCUT2D eigenvalue weighted by Crippen LogP contribution is -2.63. The number of ether oxygens (including phenoxy) is 14. The molecule has 8 amide bonds. The number of benzene rings is 4. The van der Waals surface area contributed by atoms with Gasteiger partial charge < -0.3 is 123 Å². The molecule has 11 atom stereocenters. The third kappa shape index (κ3) is 43.0. The van der Waals surface area contributed by atoms with Crippen molar-refractivity contribution in [2.45, 2.75) is 200 Å². The van der Waals surface area contributed by atoms with Crippen molar-refractivity contribution >= 4 is 82.4 Å². The molecule has 1 aromatic heterocycles. The van der Waals surface area contributed by atoms with Crippen LogP contribution in [0, 0.1) is 23.7 Å². The standard InChI is InChI=1S/C102H152N10O27S/c1-12-72(6)93(100(122)111(9)87(70(2)3)66-89(139-74(8)113)99-107-86(69-140-99)96(119)105-78(64-73(7)101(123)124)65-75-24-14-13-15-25-75)110-97(120)88-31-21-23-40-112(88,10)67-76-32-34-77(35-33-76)104-94(117)85(36-37-91(115)116)106-98(121)92(71(4)5)109-95(118)84(108-102(125)138-68-83-81-28-18-16-26-79(81)80-27-17-19-29-82(80)83)30-20-22-39-103-90(114)38-41-127-44-45-129-48-49-131-52-53-133-56-57-135-60-61-137-63-62-136-59-58-134-55-54-132-51-50-130-47-46-128-43-42-126-11/h13-19,24-29,32-35,69-73,78,83-85,87-89,92-93H,12,20-23,30-31,36-68H2,1-11H3,(H8-,103,104,105,106,108,109,110,114,115,116,117,118,119,120,121,123,124,125)/p+1/t72-,73-,78+,84-,85-,87+,88+,89+,92-,93-,112?/m0/s1. The normalized spacial score (nSPS) is 16.0. The highest BCUT2D eigenvalue weighted by molar-refractivity contribution is 7.09. The highest BCUT2D eigenvalue weighted by atomic mass is 32.1. The second-order valence-electron chi connectivity index (χ2n) is 36.0. The number of rotatable bonds is 74. The number of carboxylic acids is 2. The minimum atomic E-state index is -1.41. The topological polar surface area (TPSA) is 458 Å². The quantitative estimate of drug-likeness (QED) is 0.00993. The largest absolute Gasteiger partial charge is 0.481 e. The minimum absolute atomic E-state index is 0.0504. The van der Waals surface area contributed by atoms with E-state index < -0.39 is 114 Å². The van der Waals surface area contributed by atoms with E-state index in [2.05, 4.69) is 42.2 Å². The number of aliphatic carboxylic acids is 2. The molecule has 2 aliphatic rings. The molecule has 778 valence electrons. The summed E-state index contributed by atoms with van der Waals surface area (Å²) in [7, 11) is 5.30. The Hall–Kier alpha value is -10.0. The first-order chi connectivity index (χ1) is 67.5. The number of carbonyl (C=O) groups excluding carboxylic acids is 9. The number of nitrogens with zero attached hydrogens (tertiary/aromatic N) is 3. The fourth-order valence-corrected chi connectivity index (χ4v) is 17.3. The zero-order valence-electron chi connectivity index (χ0n) is 83.5. The Morgan fingerprint density at radius 1 is 0.543 bits per heavy atom. The number of aromatic nitrogens is 1. The summed E-state index contributed by atoms with van der Waals surface area (Å²) >= 11 is 1.12. The summed E-state index contributed by atoms with van der Waals surface area (Å²) in [5.41, 5.74) is 6.10. The maximum atomic E-state index is 15.1. The van der Waals surface area contributed by atoms with Crippen molar-refractivity contribution in [2.75, 3.05) is 198 Å². The monoisotopic (exact) mass is 1980 g/mol. The third-order valence-electron chi connectivity index (χ3n) is 24.5. The zero-order valence-corrected chi connectivity index (χ0v) is 84.3. The van der Waals surface area contributed by atoms with Gasteiger partial charge in [0.05, 0.1) is 171 Å². The molecule has 2 heterocycles. The molecular formula is C102H153N10O27S+. The average Bonchev–Trinajstić information content (AvgIpc) is 1.61. The fourth-order valence-electron chi connectivity index (χ4n) is 16.5. The number of likely N-dealkylation sites (N-methyl/N-ethyl adjacent to an activating group) is 2. The Morgan fingerprint density at radius 2 is 1.06 bits per heavy atom. The fraction of sp³-hybridized carbons (Fsp3) is 0.627. The maximum Gasteiger partial charge on any atom is 0.407 e. The molecule has 1 unspecified atom stereocenters. The Labute approximate surface area is 827 Å². The molecule has 4 aromatic carbocycles. The number of carboxylic acid groups (broad SMARTS) is 2. The number of hydrogen-bond donors (Lipinski definition) is 9. The number of fused-ring (bicyclic) bond motifs is 3. The molecule has 9 N–H and O–H groups in total. The van der Waals surface area contributed by atoms with Gasteiger partial charge in [-0.05, 0) is 109 Å². The predicted octanol–water partition coefficient (Wildman–Crippen LogP) is 9.64. The van der Waals surface area contributed by atoms with Crippen molar-refractivity contribution in [3.63, 3.8) is 0 Å². The lowest BCUT2D eigenvalue weighted by atomic mass is 9.92. The number of unbranched alkanes of at least 4 members (excludes halogenated alkanes) is 1. The van der Waals surface area contributed by atoms with Crippen LogP contribution in [0.4, 0.5) is 10.5 Å². The van der Waals surface area contributed by atoms with Gasteiger partial charge in [0.1, 0.15) is 48.0 Å². The number of nitrogens with one attached hydrogen (secondary N) is 7. The molecule has 38 heteroatoms. The first-order valence-corrected chi connectivity index (χ1v) is 49.9. The van der Waals surface area contributed by atoms with Crippen LogP contribution in [-0.4, -0.2) is 325 Å². The van der Waals surface area contributed by atoms with Crippen molar-refractivity contribution in [2.24, 2.45) is 23.7 Å². The molecule has 0 bridgehead atoms. The number of amides is 8. The van der Waals surface area contributed by atoms with Crippen LogP contribution in [0.2, 0.25) is 0 Å². The molecule has 1 aliphatic heterocycles. The molecule has 37 nitrogen and oxygen atoms in total. The molecule has 1 fully saturated rings. The van der Waals surface area contributed by atoms with Crippen molar-refractivity contribution in [3.8, 4) is 11.1 Å². The summed E-state index contributed by atoms with van der Waals surface area (Å²) < 4.78 is 77.8. The van der Waals surface area contributed by atoms with Gasteiger partial charge in [0.15, 0.2) is 12.1 Å². The second-order valence-corrected chi connectivity index (χ2v) is 36.9. The van der Waals surface area contributed by atoms with Crippen LogP contribution < -0.4 is 37.2 Å². The van der Waals surface area contributed by atoms with Crippen LogP contribution >= 0.6 is 11.3 Å². The lowest BCUT2D eigenvalue weighted by molar-refractivity contribution is -0.942. The Morgan fingerprint density at radius 3 is 1.57 bits per heavy atom. The van der Waals surface area contributed by atoms with E-state index in [1.54, 1.807) is 57.3 Å². The van der Waals surface area contributed by atoms with E-state index in [1.165, 1.54) is 6.92 Å². The van der Waals surface area contributed by atoms with Gasteiger partial charge in [0.2, 0.25) is 29.5 Å². The summed E-state index contributed by atoms with van der Waals surface area (Å²) in [6.45, 7) is 24.9. The van der Waals surface area contributed by atoms with Gasteiger partial charge in [0.25, 0.3) is 11.8 Å². The molecule has 0 spiro atoms. The van der Waals surface area contributed by atoms with Gasteiger partial charge in [0, 0.05) is 87.9 Å². The first kappa shape index (κ1) is 117. The van der Waals surface area contributed by atoms with Crippen molar-refractivity contribution in [1.82, 2.24) is 41.8 Å². The number of anilines is 1. The molecule has 7 rings (SSSR count). The molecule has 1 aliphatic carbocycles. The number of esters is 1. The summed E-state index contributed by atoms with van der Waals surface area (Å²) in [5, 5.41) is 41.6. The van der Waals surface area contributed by atoms with Gasteiger partial charge in [-0.2, -0.15) is 0 Å². The maximum absolute atomic E-state index is 15.1. The number of quaternary nitrogens is 1. The highest BCUT2D eigenvalue weighted by Gasteiger charge is 2.45. The number of methoxy groups -OCH3 is 1. The number of alkyl carbamates (subject to hydrolysis) is 1. The summed E-state index contributed by atoms with van der Waals surface area (Å²) in [6.07, 6.45) is 1.46. The lowest BCUT2D eigenvalue weighted by Gasteiger charge is -2.44. The van der Waals surface area contributed by atoms with Crippen LogP contribution in [0.5, 0.6) is 0 Å². The Balaban J connectivity index is 0.847. The molecule has 140 heavy (non-hydrogen) atoms. The van der Waals surface area contributed by atoms with Gasteiger partial charge in [-0.25, -0.2) is 9.78 Å². The number of carbonyl (C=O) groups is 11. The Bertz CT molecular complexity index is 4470. The van der Waals surface area contributed by atoms with E-state index >= 15 is 4.79 Å². The SMILES string of the molecule is CC[C@H](C)[C@H](NC(=O)[C@H]1CCCC[N+]1(C)Cc1ccc(NC(=O)[C@H](CCC(=O)O)NC(=O)[C@@H](NC(=O)[C@H](CCCCNC(=O)CCOCCOCCOCCOCCOCCOCCOCCOCCOCCOCCOCCOC)NC(=O)OCC2c3ccccc3-c3ccccc32)C(C)C)cc1)C(=O)N(C)[C@H](C[C@@H](OC(C)=O)c1nc(C(=O)N[C@@H](Cc2ccccc2)C[C@H](C)C(=O)O)cs1)C(C)C. The summed E-state index contributed by atoms with van der Waals surface area (Å²) in [6, 6.07) is 25.5. The van der Waals surface area contributed by atoms with E-state index in [4.69, 9.17) is 66.3 Å². The average molecular weight is 1980 g/mol. The smallest absolute Gasteiger partial charge is 0.407 e. The van der Waals surface area contributed by atoms with Gasteiger partial charge in [-0.3, -0.25) is 47.9 Å². The van der Waals surface area contributed by atoms with Crippen molar-refractivity contribution in [1.29, 1.82) is 0 Å². The van der Waals surface area contributed by atoms with E-state index in [0.717, 1.165) is 57.6 Å². The van der Waals surface area contributed by atoms with Crippen LogP contribution in [0.1, 0.15) is 182 Å². The highest BCUT2D eigenvalue weighted by Crippen LogP contribution is 2.45. The number of hydrogen-bond acceptors (Lipinski definition) is 27. The second kappa shape index (κ2) is 65.9. The molecule has 5 aromatic rings. The van der Waals surface area contributed by atoms with E-state index in [9.17, 15) is 58.2 Å². The van der Waals surface area contributed by atoms with Crippen LogP contribution in [0.25, 0.3) is 11.1 Å². The predicted molar refractivity (Wildman–Crippen MR) is 524 cm³/mol. The summed E-state index contributed by atoms with van der Waals surface area (Å²) in [4.78, 5) is 157. The van der Waals surface area contributed by atoms with Gasteiger partial charge >= 0.3 is 24.0 Å². The number of thiazole rings is 1. The first-order valence-electron chi connectivity index (χ1n) is 49.1.